The van der Waals surface area contributed by atoms with Gasteiger partial charge in [-0.1, -0.05) is 13.7 Å². The van der Waals surface area contributed by atoms with Crippen molar-refractivity contribution in [1.82, 2.24) is 9.55 Å². The molecule has 0 bridgehead atoms. The number of aromatic nitrogens is 2. The molecule has 10 heteroatoms. The van der Waals surface area contributed by atoms with Gasteiger partial charge in [0.1, 0.15) is 24.9 Å². The van der Waals surface area contributed by atoms with E-state index in [-0.39, 0.29) is 5.82 Å². The van der Waals surface area contributed by atoms with Gasteiger partial charge in [-0.05, 0) is 6.07 Å². The van der Waals surface area contributed by atoms with Crippen molar-refractivity contribution in [2.24, 2.45) is 5.89 Å². The zero-order chi connectivity index (χ0) is 23.1. The van der Waals surface area contributed by atoms with Crippen LogP contribution in [0.5, 0.6) is 0 Å². The van der Waals surface area contributed by atoms with Gasteiger partial charge in [-0.25, -0.2) is 4.79 Å². The minimum absolute atomic E-state index is 0.198. The molecule has 0 amide bonds. The second-order valence-corrected chi connectivity index (χ2v) is 4.63. The molecule has 4 N–H and O–H groups in total. The second kappa shape index (κ2) is 7.04. The molecule has 0 saturated carbocycles. The summed E-state index contributed by atoms with van der Waals surface area (Å²) in [6.07, 6.45) is -5.30. The van der Waals surface area contributed by atoms with Crippen LogP contribution in [0.3, 0.4) is 0 Å². The van der Waals surface area contributed by atoms with Gasteiger partial charge >= 0.3 is 11.7 Å². The highest BCUT2D eigenvalue weighted by atomic mass is 16.6. The number of carbonyl (C=O) groups is 1. The zero-order valence-electron chi connectivity index (χ0n) is 18.5. The minimum Gasteiger partial charge on any atom is -0.463 e. The monoisotopic (exact) mass is 336 g/mol. The van der Waals surface area contributed by atoms with Crippen LogP contribution in [0, 0.1) is 5.89 Å². The Kier molecular flexibility index (Phi) is 3.06. The molecule has 1 saturated heterocycles. The first kappa shape index (κ1) is 9.98. The molecule has 0 aliphatic carbocycles. The number of hydrogen-bond donors (Lipinski definition) is 4. The number of rotatable bonds is 5. The Bertz CT molecular complexity index is 830. The van der Waals surface area contributed by atoms with Crippen LogP contribution in [0.4, 0.5) is 5.82 Å². The molecule has 128 valence electrons. The summed E-state index contributed by atoms with van der Waals surface area (Å²) in [4.78, 5) is 27.5. The van der Waals surface area contributed by atoms with Gasteiger partial charge in [0.2, 0.25) is 0 Å². The van der Waals surface area contributed by atoms with Crippen molar-refractivity contribution in [3.63, 3.8) is 0 Å². The number of carbonyl (C=O) groups excluding carboxylic acids is 1. The van der Waals surface area contributed by atoms with E-state index in [9.17, 15) is 19.8 Å². The van der Waals surface area contributed by atoms with Crippen LogP contribution in [0.2, 0.25) is 0 Å². The fraction of sp³-hybridized carbons (Fsp3) is 0.615. The fourth-order valence-corrected chi connectivity index (χ4v) is 2.00. The Balaban J connectivity index is 2.17. The summed E-state index contributed by atoms with van der Waals surface area (Å²) in [5.41, 5.74) is 0.667. The highest BCUT2D eigenvalue weighted by molar-refractivity contribution is 5.71. The number of nitrogens with one attached hydrogen (secondary N) is 1. The Morgan fingerprint density at radius 1 is 1.61 bits per heavy atom. The van der Waals surface area contributed by atoms with Crippen molar-refractivity contribution in [3.8, 4) is 0 Å². The van der Waals surface area contributed by atoms with E-state index in [1.165, 1.54) is 0 Å². The quantitative estimate of drug-likeness (QED) is 0.387. The molecule has 0 aromatic carbocycles. The lowest BCUT2D eigenvalue weighted by molar-refractivity contribution is -0.153. The zero-order valence-corrected chi connectivity index (χ0v) is 11.5. The lowest BCUT2D eigenvalue weighted by Crippen LogP contribution is -2.36. The van der Waals surface area contributed by atoms with Gasteiger partial charge in [-0.15, -0.1) is 0 Å². The van der Waals surface area contributed by atoms with Gasteiger partial charge < -0.3 is 19.7 Å². The predicted molar refractivity (Wildman–Crippen MR) is 75.6 cm³/mol. The molecule has 1 aromatic heterocycles. The van der Waals surface area contributed by atoms with Crippen LogP contribution in [0.15, 0.2) is 17.1 Å². The molecular weight excluding hydrogens is 310 g/mol. The maximum absolute atomic E-state index is 12.2. The van der Waals surface area contributed by atoms with Crippen molar-refractivity contribution in [2.45, 2.75) is 38.2 Å². The molecule has 0 radical (unpaired) electrons. The van der Waals surface area contributed by atoms with Crippen LogP contribution < -0.4 is 11.2 Å². The molecule has 1 aromatic rings. The summed E-state index contributed by atoms with van der Waals surface area (Å²) in [5, 5.41) is 29.0. The van der Waals surface area contributed by atoms with Crippen molar-refractivity contribution >= 4 is 11.8 Å². The maximum Gasteiger partial charge on any atom is 0.351 e. The first-order chi connectivity index (χ1) is 13.6. The fourth-order valence-electron chi connectivity index (χ4n) is 2.00. The Labute approximate surface area is 141 Å². The molecule has 1 aliphatic rings. The van der Waals surface area contributed by atoms with Crippen LogP contribution in [-0.2, 0) is 14.3 Å². The van der Waals surface area contributed by atoms with Gasteiger partial charge in [0.05, 0.1) is 5.89 Å². The molecule has 1 unspecified atom stereocenters. The van der Waals surface area contributed by atoms with Crippen LogP contribution in [0.25, 0.3) is 0 Å². The normalized spacial score (nSPS) is 33.3. The molecule has 1 aliphatic heterocycles. The predicted octanol–water partition coefficient (Wildman–Crippen LogP) is -1.14. The van der Waals surface area contributed by atoms with Gasteiger partial charge in [0.25, 0.3) is 0 Å². The van der Waals surface area contributed by atoms with E-state index in [0.29, 0.717) is 0 Å². The maximum atomic E-state index is 12.2. The summed E-state index contributed by atoms with van der Waals surface area (Å²) in [6.45, 7) is -8.00. The summed E-state index contributed by atoms with van der Waals surface area (Å²) in [6, 6.07) is 1.15. The molecule has 4 atom stereocenters. The standard InChI is InChI=1S/C13H19N3O7/c1-6(2)12(19)22-5-7-9(17)10(18)11(23-7)16-4-3-8(15-21)14-13(16)20/h3-4,6-7,9-11,17-18,21H,5H2,1-2H3,(H,14,15,20)/t7-,9+,10?,11-/m1/s1/i1D3,2D3,6D. The van der Waals surface area contributed by atoms with Gasteiger partial charge in [-0.3, -0.25) is 20.0 Å². The van der Waals surface area contributed by atoms with Crippen molar-refractivity contribution in [3.05, 3.63) is 22.7 Å². The van der Waals surface area contributed by atoms with Crippen LogP contribution in [0.1, 0.15) is 29.5 Å². The first-order valence-electron chi connectivity index (χ1n) is 9.83. The SMILES string of the molecule is [2H]C([2H])([2H])C([2H])(C(=O)OC[C@H]1O[C@@H](n2ccc(NO)nc2=O)C(O)[C@H]1O)C([2H])([2H])[2H]. The van der Waals surface area contributed by atoms with E-state index < -0.39 is 62.4 Å². The minimum atomic E-state index is -3.59. The lowest BCUT2D eigenvalue weighted by Gasteiger charge is -2.17. The average Bonchev–Trinajstić information content (AvgIpc) is 2.91. The molecule has 10 nitrogen and oxygen atoms in total. The first-order valence-corrected chi connectivity index (χ1v) is 6.33. The van der Waals surface area contributed by atoms with E-state index in [1.54, 1.807) is 5.48 Å². The van der Waals surface area contributed by atoms with Gasteiger partial charge in [-0.2, -0.15) is 4.98 Å². The lowest BCUT2D eigenvalue weighted by atomic mass is 10.1. The summed E-state index contributed by atoms with van der Waals surface area (Å²) in [5.74, 6) is -5.68. The molecular formula is C13H19N3O7. The largest absolute Gasteiger partial charge is 0.463 e. The third kappa shape index (κ3) is 3.67. The number of aliphatic hydroxyl groups is 2. The number of esters is 1. The number of anilines is 1. The smallest absolute Gasteiger partial charge is 0.351 e. The van der Waals surface area contributed by atoms with Crippen molar-refractivity contribution in [1.29, 1.82) is 0 Å². The Morgan fingerprint density at radius 2 is 2.35 bits per heavy atom. The molecule has 23 heavy (non-hydrogen) atoms. The van der Waals surface area contributed by atoms with Gasteiger partial charge in [0, 0.05) is 15.8 Å². The Morgan fingerprint density at radius 3 is 2.96 bits per heavy atom. The summed E-state index contributed by atoms with van der Waals surface area (Å²) >= 11 is 0. The van der Waals surface area contributed by atoms with Crippen LogP contribution >= 0.6 is 0 Å². The highest BCUT2D eigenvalue weighted by Gasteiger charge is 2.44. The third-order valence-corrected chi connectivity index (χ3v) is 3.14. The molecule has 1 fully saturated rings. The number of ether oxygens (including phenoxy) is 2. The summed E-state index contributed by atoms with van der Waals surface area (Å²) < 4.78 is 61.8. The van der Waals surface area contributed by atoms with E-state index in [4.69, 9.17) is 19.5 Å². The van der Waals surface area contributed by atoms with Gasteiger partial charge in [0.15, 0.2) is 12.0 Å². The molecule has 2 heterocycles. The van der Waals surface area contributed by atoms with Crippen molar-refractivity contribution < 1.29 is 39.3 Å². The Hall–Kier alpha value is -2.01. The van der Waals surface area contributed by atoms with E-state index in [2.05, 4.69) is 9.72 Å². The number of nitrogens with zero attached hydrogens (tertiary/aromatic N) is 2. The third-order valence-electron chi connectivity index (χ3n) is 3.14. The van der Waals surface area contributed by atoms with Crippen molar-refractivity contribution in [2.75, 3.05) is 12.1 Å². The molecule has 0 spiro atoms. The number of aliphatic hydroxyl groups excluding tert-OH is 2. The topological polar surface area (TPSA) is 143 Å². The van der Waals surface area contributed by atoms with E-state index in [1.807, 2.05) is 0 Å². The second-order valence-electron chi connectivity index (χ2n) is 4.63. The highest BCUT2D eigenvalue weighted by Crippen LogP contribution is 2.28. The number of hydrogen-bond acceptors (Lipinski definition) is 9. The summed E-state index contributed by atoms with van der Waals surface area (Å²) in [7, 11) is 0. The molecule has 2 rings (SSSR count). The van der Waals surface area contributed by atoms with Crippen LogP contribution in [-0.4, -0.2) is 55.9 Å². The van der Waals surface area contributed by atoms with E-state index >= 15 is 0 Å². The average molecular weight is 336 g/mol. The van der Waals surface area contributed by atoms with E-state index in [0.717, 1.165) is 16.8 Å².